The summed E-state index contributed by atoms with van der Waals surface area (Å²) in [4.78, 5) is 6.79. The maximum absolute atomic E-state index is 12.6. The van der Waals surface area contributed by atoms with Crippen molar-refractivity contribution in [2.24, 2.45) is 0 Å². The molecule has 2 rings (SSSR count). The molecule has 1 N–H and O–H groups in total. The molecule has 0 amide bonds. The molecule has 1 radical (unpaired) electrons. The number of aromatic nitrogens is 2. The summed E-state index contributed by atoms with van der Waals surface area (Å²) in [6.45, 7) is 0. The van der Waals surface area contributed by atoms with Crippen molar-refractivity contribution in [1.29, 1.82) is 0 Å². The van der Waals surface area contributed by atoms with Crippen LogP contribution in [0, 0.1) is 10.6 Å². The number of hydrogen-bond donors (Lipinski definition) is 1. The van der Waals surface area contributed by atoms with Crippen molar-refractivity contribution < 1.29 is 4.39 Å². The molecule has 0 fully saturated rings. The normalized spacial score (nSPS) is 9.40. The SMILES string of the molecule is Fc1ccc(-c2ccnc(=S)[nH]2)cc1.[K]. The van der Waals surface area contributed by atoms with Gasteiger partial charge < -0.3 is 4.98 Å². The molecular weight excluding hydrogens is 238 g/mol. The first-order valence-corrected chi connectivity index (χ1v) is 4.48. The summed E-state index contributed by atoms with van der Waals surface area (Å²) in [7, 11) is 0. The van der Waals surface area contributed by atoms with Crippen LogP contribution in [0.5, 0.6) is 0 Å². The van der Waals surface area contributed by atoms with Crippen LogP contribution in [0.1, 0.15) is 0 Å². The molecule has 0 bridgehead atoms. The Morgan fingerprint density at radius 3 is 2.40 bits per heavy atom. The molecule has 2 nitrogen and oxygen atoms in total. The summed E-state index contributed by atoms with van der Waals surface area (Å²) >= 11 is 4.88. The fraction of sp³-hybridized carbons (Fsp3) is 0. The van der Waals surface area contributed by atoms with Crippen LogP contribution < -0.4 is 0 Å². The minimum atomic E-state index is -0.249. The number of benzene rings is 1. The second-order valence-corrected chi connectivity index (χ2v) is 3.18. The molecule has 0 aliphatic rings. The molecule has 5 heteroatoms. The van der Waals surface area contributed by atoms with Crippen molar-refractivity contribution in [3.05, 3.63) is 47.1 Å². The smallest absolute Gasteiger partial charge is 0.197 e. The first-order chi connectivity index (χ1) is 6.75. The largest absolute Gasteiger partial charge is 0.330 e. The van der Waals surface area contributed by atoms with E-state index in [1.807, 2.05) is 0 Å². The topological polar surface area (TPSA) is 28.7 Å². The third kappa shape index (κ3) is 3.55. The van der Waals surface area contributed by atoms with Crippen molar-refractivity contribution in [2.75, 3.05) is 0 Å². The van der Waals surface area contributed by atoms with Gasteiger partial charge in [-0.15, -0.1) is 0 Å². The van der Waals surface area contributed by atoms with E-state index in [0.717, 1.165) is 11.3 Å². The zero-order chi connectivity index (χ0) is 9.97. The van der Waals surface area contributed by atoms with Gasteiger partial charge in [0.1, 0.15) is 5.82 Å². The predicted molar refractivity (Wildman–Crippen MR) is 60.6 cm³/mol. The molecule has 1 aromatic carbocycles. The molecule has 0 aliphatic carbocycles. The minimum Gasteiger partial charge on any atom is -0.330 e. The summed E-state index contributed by atoms with van der Waals surface area (Å²) in [5.74, 6) is -0.249. The molecule has 1 aromatic heterocycles. The number of aromatic amines is 1. The molecule has 15 heavy (non-hydrogen) atoms. The second kappa shape index (κ2) is 5.98. The number of rotatable bonds is 1. The van der Waals surface area contributed by atoms with E-state index in [1.165, 1.54) is 12.1 Å². The molecular formula is C10H7FKN2S. The molecule has 0 spiro atoms. The van der Waals surface area contributed by atoms with Crippen LogP contribution in [0.3, 0.4) is 0 Å². The quantitative estimate of drug-likeness (QED) is 0.618. The standard InChI is InChI=1S/C10H7FN2S.K/c11-8-3-1-7(2-4-8)9-5-6-12-10(14)13-9;/h1-6H,(H,12,13,14);. The van der Waals surface area contributed by atoms with E-state index in [4.69, 9.17) is 12.2 Å². The first kappa shape index (κ1) is 13.2. The van der Waals surface area contributed by atoms with E-state index in [-0.39, 0.29) is 57.2 Å². The van der Waals surface area contributed by atoms with Gasteiger partial charge in [-0.1, -0.05) is 0 Å². The number of hydrogen-bond acceptors (Lipinski definition) is 2. The fourth-order valence-electron chi connectivity index (χ4n) is 1.17. The van der Waals surface area contributed by atoms with Crippen molar-refractivity contribution in [3.8, 4) is 11.3 Å². The number of H-pyrrole nitrogens is 1. The Balaban J connectivity index is 0.00000112. The van der Waals surface area contributed by atoms with Crippen molar-refractivity contribution >= 4 is 63.6 Å². The summed E-state index contributed by atoms with van der Waals surface area (Å²) in [5.41, 5.74) is 1.73. The van der Waals surface area contributed by atoms with Gasteiger partial charge in [-0.3, -0.25) is 0 Å². The Labute approximate surface area is 134 Å². The van der Waals surface area contributed by atoms with Crippen molar-refractivity contribution in [1.82, 2.24) is 9.97 Å². The number of halogens is 1. The van der Waals surface area contributed by atoms with Gasteiger partial charge in [-0.25, -0.2) is 9.37 Å². The van der Waals surface area contributed by atoms with Crippen LogP contribution >= 0.6 is 12.2 Å². The average Bonchev–Trinajstić information content (AvgIpc) is 2.19. The van der Waals surface area contributed by atoms with E-state index in [2.05, 4.69) is 9.97 Å². The van der Waals surface area contributed by atoms with Crippen LogP contribution in [-0.4, -0.2) is 61.4 Å². The molecule has 0 unspecified atom stereocenters. The minimum absolute atomic E-state index is 0. The van der Waals surface area contributed by atoms with Gasteiger partial charge in [-0.05, 0) is 48.1 Å². The maximum Gasteiger partial charge on any atom is 0.197 e. The van der Waals surface area contributed by atoms with E-state index >= 15 is 0 Å². The Hall–Kier alpha value is 0.0864. The fourth-order valence-corrected chi connectivity index (χ4v) is 1.34. The molecule has 71 valence electrons. The molecule has 0 aliphatic heterocycles. The third-order valence-electron chi connectivity index (χ3n) is 1.83. The van der Waals surface area contributed by atoms with Crippen LogP contribution in [0.25, 0.3) is 11.3 Å². The molecule has 2 aromatic rings. The van der Waals surface area contributed by atoms with Gasteiger partial charge in [0.25, 0.3) is 0 Å². The van der Waals surface area contributed by atoms with Gasteiger partial charge >= 0.3 is 0 Å². The monoisotopic (exact) mass is 245 g/mol. The molecule has 0 atom stereocenters. The van der Waals surface area contributed by atoms with E-state index in [9.17, 15) is 4.39 Å². The summed E-state index contributed by atoms with van der Waals surface area (Å²) in [6, 6.07) is 7.99. The third-order valence-corrected chi connectivity index (χ3v) is 2.04. The number of nitrogens with zero attached hydrogens (tertiary/aromatic N) is 1. The van der Waals surface area contributed by atoms with E-state index in [0.29, 0.717) is 4.77 Å². The molecule has 0 saturated heterocycles. The van der Waals surface area contributed by atoms with Crippen molar-refractivity contribution in [2.45, 2.75) is 0 Å². The Morgan fingerprint density at radius 1 is 1.13 bits per heavy atom. The zero-order valence-electron chi connectivity index (χ0n) is 8.20. The molecule has 1 heterocycles. The number of nitrogens with one attached hydrogen (secondary N) is 1. The summed E-state index contributed by atoms with van der Waals surface area (Å²) in [5, 5.41) is 0. The summed E-state index contributed by atoms with van der Waals surface area (Å²) in [6.07, 6.45) is 1.62. The van der Waals surface area contributed by atoms with Gasteiger partial charge in [-0.2, -0.15) is 0 Å². The maximum atomic E-state index is 12.6. The summed E-state index contributed by atoms with van der Waals surface area (Å²) < 4.78 is 13.1. The second-order valence-electron chi connectivity index (χ2n) is 2.80. The Kier molecular flexibility index (Phi) is 5.24. The first-order valence-electron chi connectivity index (χ1n) is 4.07. The van der Waals surface area contributed by atoms with E-state index in [1.54, 1.807) is 24.4 Å². The van der Waals surface area contributed by atoms with E-state index < -0.39 is 0 Å². The zero-order valence-corrected chi connectivity index (χ0v) is 12.1. The molecule has 0 saturated carbocycles. The van der Waals surface area contributed by atoms with Crippen LogP contribution in [0.4, 0.5) is 4.39 Å². The van der Waals surface area contributed by atoms with Gasteiger partial charge in [0.15, 0.2) is 4.77 Å². The van der Waals surface area contributed by atoms with Gasteiger partial charge in [0, 0.05) is 63.3 Å². The predicted octanol–water partition coefficient (Wildman–Crippen LogP) is 2.56. The van der Waals surface area contributed by atoms with Crippen LogP contribution in [0.2, 0.25) is 0 Å². The van der Waals surface area contributed by atoms with Crippen LogP contribution in [-0.2, 0) is 0 Å². The van der Waals surface area contributed by atoms with Crippen molar-refractivity contribution in [3.63, 3.8) is 0 Å². The average molecular weight is 245 g/mol. The Morgan fingerprint density at radius 2 is 1.80 bits per heavy atom. The Bertz CT molecular complexity index is 495. The van der Waals surface area contributed by atoms with Crippen LogP contribution in [0.15, 0.2) is 36.5 Å². The van der Waals surface area contributed by atoms with Gasteiger partial charge in [0.2, 0.25) is 0 Å². The van der Waals surface area contributed by atoms with Gasteiger partial charge in [0.05, 0.1) is 0 Å².